The summed E-state index contributed by atoms with van der Waals surface area (Å²) in [4.78, 5) is 21.3. The Morgan fingerprint density at radius 1 is 1.03 bits per heavy atom. The van der Waals surface area contributed by atoms with Crippen LogP contribution in [0, 0.1) is 6.92 Å². The van der Waals surface area contributed by atoms with E-state index in [9.17, 15) is 4.79 Å². The fourth-order valence-corrected chi connectivity index (χ4v) is 4.98. The van der Waals surface area contributed by atoms with Crippen LogP contribution in [0.15, 0.2) is 53.3 Å². The molecule has 0 bridgehead atoms. The van der Waals surface area contributed by atoms with Crippen LogP contribution in [0.4, 0.5) is 5.69 Å². The van der Waals surface area contributed by atoms with Crippen molar-refractivity contribution in [2.45, 2.75) is 39.3 Å². The third-order valence-electron chi connectivity index (χ3n) is 6.90. The van der Waals surface area contributed by atoms with E-state index in [0.29, 0.717) is 11.4 Å². The predicted octanol–water partition coefficient (Wildman–Crippen LogP) is 3.50. The van der Waals surface area contributed by atoms with Crippen molar-refractivity contribution >= 4 is 16.6 Å². The summed E-state index contributed by atoms with van der Waals surface area (Å²) in [6, 6.07) is 15.8. The van der Waals surface area contributed by atoms with E-state index >= 15 is 0 Å². The molecule has 0 aliphatic carbocycles. The van der Waals surface area contributed by atoms with Gasteiger partial charge in [0.2, 0.25) is 0 Å². The molecule has 3 heterocycles. The average molecular weight is 488 g/mol. The molecular formula is C27H33N7O2. The van der Waals surface area contributed by atoms with Gasteiger partial charge in [-0.15, -0.1) is 5.10 Å². The number of hydrogen-bond donors (Lipinski definition) is 1. The Kier molecular flexibility index (Phi) is 6.26. The van der Waals surface area contributed by atoms with Gasteiger partial charge in [0.05, 0.1) is 18.2 Å². The number of hydrogen-bond acceptors (Lipinski definition) is 7. The number of methoxy groups -OCH3 is 1. The maximum atomic E-state index is 13.5. The van der Waals surface area contributed by atoms with Gasteiger partial charge in [-0.25, -0.2) is 4.68 Å². The van der Waals surface area contributed by atoms with Gasteiger partial charge < -0.3 is 14.6 Å². The number of nitrogens with zero attached hydrogens (tertiary/aromatic N) is 6. The summed E-state index contributed by atoms with van der Waals surface area (Å²) in [6.07, 6.45) is 0. The number of nitrogens with one attached hydrogen (secondary N) is 1. The molecule has 1 saturated heterocycles. The molecule has 0 spiro atoms. The standard InChI is InChI=1S/C27H33N7O2/c1-18-7-6-8-19-17-22(26(35)28-23(18)19)24(25-29-30-31-34(25)27(2,3)4)33-15-13-32(14-16-33)20-9-11-21(36-5)12-10-20/h6-12,17,24H,13-16H2,1-5H3,(H,28,35)/t24-/m1/s1. The third-order valence-corrected chi connectivity index (χ3v) is 6.90. The lowest BCUT2D eigenvalue weighted by Crippen LogP contribution is -2.49. The molecule has 0 unspecified atom stereocenters. The van der Waals surface area contributed by atoms with E-state index < -0.39 is 0 Å². The highest BCUT2D eigenvalue weighted by Gasteiger charge is 2.35. The van der Waals surface area contributed by atoms with Gasteiger partial charge in [-0.3, -0.25) is 9.69 Å². The van der Waals surface area contributed by atoms with Crippen molar-refractivity contribution < 1.29 is 4.74 Å². The largest absolute Gasteiger partial charge is 0.497 e. The molecule has 1 aliphatic rings. The van der Waals surface area contributed by atoms with Crippen LogP contribution in [-0.4, -0.2) is 63.4 Å². The highest BCUT2D eigenvalue weighted by molar-refractivity contribution is 5.82. The number of aromatic amines is 1. The van der Waals surface area contributed by atoms with Crippen molar-refractivity contribution in [3.8, 4) is 5.75 Å². The first-order valence-electron chi connectivity index (χ1n) is 12.3. The first-order chi connectivity index (χ1) is 17.3. The van der Waals surface area contributed by atoms with Gasteiger partial charge in [-0.2, -0.15) is 0 Å². The van der Waals surface area contributed by atoms with Gasteiger partial charge >= 0.3 is 0 Å². The number of rotatable bonds is 5. The average Bonchev–Trinajstić information content (AvgIpc) is 3.36. The molecule has 9 nitrogen and oxygen atoms in total. The quantitative estimate of drug-likeness (QED) is 0.461. The van der Waals surface area contributed by atoms with Crippen molar-refractivity contribution in [3.05, 3.63) is 75.8 Å². The second-order valence-corrected chi connectivity index (χ2v) is 10.3. The van der Waals surface area contributed by atoms with Gasteiger partial charge in [0.15, 0.2) is 5.82 Å². The number of aromatic nitrogens is 5. The van der Waals surface area contributed by atoms with Gasteiger partial charge in [-0.1, -0.05) is 18.2 Å². The van der Waals surface area contributed by atoms with E-state index in [-0.39, 0.29) is 17.1 Å². The van der Waals surface area contributed by atoms with Gasteiger partial charge in [0.25, 0.3) is 5.56 Å². The number of ether oxygens (including phenoxy) is 1. The monoisotopic (exact) mass is 487 g/mol. The van der Waals surface area contributed by atoms with Crippen LogP contribution >= 0.6 is 0 Å². The normalized spacial score (nSPS) is 15.9. The van der Waals surface area contributed by atoms with E-state index in [4.69, 9.17) is 4.74 Å². The van der Waals surface area contributed by atoms with Crippen molar-refractivity contribution in [1.82, 2.24) is 30.1 Å². The Morgan fingerprint density at radius 3 is 2.42 bits per heavy atom. The molecule has 36 heavy (non-hydrogen) atoms. The molecule has 1 fully saturated rings. The first-order valence-corrected chi connectivity index (χ1v) is 12.3. The van der Waals surface area contributed by atoms with E-state index in [1.807, 2.05) is 48.0 Å². The molecule has 2 aromatic heterocycles. The van der Waals surface area contributed by atoms with Crippen LogP contribution in [0.2, 0.25) is 0 Å². The second kappa shape index (κ2) is 9.39. The zero-order valence-electron chi connectivity index (χ0n) is 21.5. The molecule has 5 rings (SSSR count). The summed E-state index contributed by atoms with van der Waals surface area (Å²) in [6.45, 7) is 11.4. The third kappa shape index (κ3) is 4.46. The minimum atomic E-state index is -0.370. The summed E-state index contributed by atoms with van der Waals surface area (Å²) >= 11 is 0. The van der Waals surface area contributed by atoms with Crippen LogP contribution in [-0.2, 0) is 5.54 Å². The Hall–Kier alpha value is -3.72. The number of aryl methyl sites for hydroxylation is 1. The van der Waals surface area contributed by atoms with Gasteiger partial charge in [0.1, 0.15) is 11.8 Å². The Morgan fingerprint density at radius 2 is 1.75 bits per heavy atom. The molecule has 1 atom stereocenters. The summed E-state index contributed by atoms with van der Waals surface area (Å²) in [5, 5.41) is 13.8. The van der Waals surface area contributed by atoms with Gasteiger partial charge in [0, 0.05) is 37.4 Å². The van der Waals surface area contributed by atoms with Crippen LogP contribution < -0.4 is 15.2 Å². The second-order valence-electron chi connectivity index (χ2n) is 10.3. The summed E-state index contributed by atoms with van der Waals surface area (Å²) in [5.41, 5.74) is 3.28. The Balaban J connectivity index is 1.53. The number of benzene rings is 2. The summed E-state index contributed by atoms with van der Waals surface area (Å²) < 4.78 is 7.14. The SMILES string of the molecule is COc1ccc(N2CCN([C@H](c3cc4cccc(C)c4[nH]c3=O)c3nnnn3C(C)(C)C)CC2)cc1. The lowest BCUT2D eigenvalue weighted by Gasteiger charge is -2.40. The smallest absolute Gasteiger partial charge is 0.253 e. The first kappa shape index (κ1) is 24.0. The molecule has 4 aromatic rings. The maximum Gasteiger partial charge on any atom is 0.253 e. The molecule has 1 aliphatic heterocycles. The Bertz CT molecular complexity index is 1410. The molecule has 1 N–H and O–H groups in total. The molecular weight excluding hydrogens is 454 g/mol. The minimum Gasteiger partial charge on any atom is -0.497 e. The number of piperazine rings is 1. The van der Waals surface area contributed by atoms with Crippen molar-refractivity contribution in [1.29, 1.82) is 0 Å². The van der Waals surface area contributed by atoms with Crippen molar-refractivity contribution in [3.63, 3.8) is 0 Å². The maximum absolute atomic E-state index is 13.5. The highest BCUT2D eigenvalue weighted by atomic mass is 16.5. The molecule has 9 heteroatoms. The fourth-order valence-electron chi connectivity index (χ4n) is 4.98. The number of H-pyrrole nitrogens is 1. The minimum absolute atomic E-state index is 0.108. The van der Waals surface area contributed by atoms with Gasteiger partial charge in [-0.05, 0) is 79.4 Å². The molecule has 0 radical (unpaired) electrons. The van der Waals surface area contributed by atoms with Crippen molar-refractivity contribution in [2.75, 3.05) is 38.2 Å². The number of para-hydroxylation sites is 1. The molecule has 0 saturated carbocycles. The lowest BCUT2D eigenvalue weighted by atomic mass is 10.00. The van der Waals surface area contributed by atoms with Crippen LogP contribution in [0.3, 0.4) is 0 Å². The van der Waals surface area contributed by atoms with Crippen LogP contribution in [0.25, 0.3) is 10.9 Å². The summed E-state index contributed by atoms with van der Waals surface area (Å²) in [5.74, 6) is 1.52. The number of fused-ring (bicyclic) bond motifs is 1. The van der Waals surface area contributed by atoms with Crippen LogP contribution in [0.5, 0.6) is 5.75 Å². The fraction of sp³-hybridized carbons (Fsp3) is 0.407. The summed E-state index contributed by atoms with van der Waals surface area (Å²) in [7, 11) is 1.68. The van der Waals surface area contributed by atoms with E-state index in [1.165, 1.54) is 0 Å². The Labute approximate surface area is 210 Å². The van der Waals surface area contributed by atoms with E-state index in [0.717, 1.165) is 54.1 Å². The zero-order chi connectivity index (χ0) is 25.4. The van der Waals surface area contributed by atoms with Crippen LogP contribution in [0.1, 0.15) is 43.8 Å². The lowest BCUT2D eigenvalue weighted by molar-refractivity contribution is 0.190. The molecule has 0 amide bonds. The number of anilines is 1. The zero-order valence-corrected chi connectivity index (χ0v) is 21.5. The topological polar surface area (TPSA) is 92.2 Å². The number of tetrazole rings is 1. The van der Waals surface area contributed by atoms with E-state index in [1.54, 1.807) is 7.11 Å². The molecule has 188 valence electrons. The van der Waals surface area contributed by atoms with E-state index in [2.05, 4.69) is 63.2 Å². The molecule has 2 aromatic carbocycles. The van der Waals surface area contributed by atoms with Crippen molar-refractivity contribution in [2.24, 2.45) is 0 Å². The highest BCUT2D eigenvalue weighted by Crippen LogP contribution is 2.31. The predicted molar refractivity (Wildman–Crippen MR) is 141 cm³/mol. The number of pyridine rings is 1.